The van der Waals surface area contributed by atoms with Crippen LogP contribution in [0.3, 0.4) is 0 Å². The standard InChI is InChI=1S/C53H104NO7P/c1-3-5-7-9-11-13-15-17-19-21-23-24-25-26-27-28-29-30-32-34-36-38-40-42-44-46-53(55)61-52(51-60-62(56,57)59-49-47-54)50-58-48-45-43-41-39-37-35-33-31-22-20-18-16-14-12-10-8-6-4-2/h15,17,21,23,52H,3-14,16,18-20,22,24-51,54H2,1-2H3,(H,56,57)/b17-15-,23-21-. The molecule has 0 aromatic rings. The van der Waals surface area contributed by atoms with Gasteiger partial charge in [-0.05, 0) is 44.9 Å². The van der Waals surface area contributed by atoms with Crippen molar-refractivity contribution in [3.63, 3.8) is 0 Å². The van der Waals surface area contributed by atoms with Gasteiger partial charge in [-0.15, -0.1) is 0 Å². The second-order valence-electron chi connectivity index (χ2n) is 18.1. The molecule has 3 N–H and O–H groups in total. The molecule has 62 heavy (non-hydrogen) atoms. The lowest BCUT2D eigenvalue weighted by molar-refractivity contribution is -0.154. The maximum atomic E-state index is 12.7. The zero-order chi connectivity index (χ0) is 45.1. The first kappa shape index (κ1) is 61.0. The molecule has 0 amide bonds. The summed E-state index contributed by atoms with van der Waals surface area (Å²) in [6.07, 6.45) is 59.3. The third-order valence-electron chi connectivity index (χ3n) is 11.9. The number of esters is 1. The first-order valence-electron chi connectivity index (χ1n) is 26.8. The molecule has 0 aliphatic rings. The maximum Gasteiger partial charge on any atom is 0.472 e. The van der Waals surface area contributed by atoms with Crippen molar-refractivity contribution in [2.24, 2.45) is 5.73 Å². The van der Waals surface area contributed by atoms with E-state index in [0.717, 1.165) is 38.5 Å². The predicted molar refractivity (Wildman–Crippen MR) is 266 cm³/mol. The van der Waals surface area contributed by atoms with Crippen LogP contribution >= 0.6 is 7.82 Å². The highest BCUT2D eigenvalue weighted by Gasteiger charge is 2.25. The molecule has 0 rings (SSSR count). The molecule has 0 aromatic heterocycles. The van der Waals surface area contributed by atoms with Gasteiger partial charge in [0, 0.05) is 19.6 Å². The zero-order valence-corrected chi connectivity index (χ0v) is 42.0. The highest BCUT2D eigenvalue weighted by molar-refractivity contribution is 7.47. The number of phosphoric acid groups is 1. The van der Waals surface area contributed by atoms with Gasteiger partial charge in [0.15, 0.2) is 0 Å². The Morgan fingerprint density at radius 3 is 1.26 bits per heavy atom. The largest absolute Gasteiger partial charge is 0.472 e. The first-order chi connectivity index (χ1) is 30.4. The normalized spacial score (nSPS) is 13.4. The minimum absolute atomic E-state index is 0.0926. The quantitative estimate of drug-likeness (QED) is 0.0268. The maximum absolute atomic E-state index is 12.7. The van der Waals surface area contributed by atoms with Gasteiger partial charge in [0.2, 0.25) is 0 Å². The number of carbonyl (C=O) groups is 1. The number of rotatable bonds is 52. The van der Waals surface area contributed by atoms with Crippen molar-refractivity contribution in [3.8, 4) is 0 Å². The van der Waals surface area contributed by atoms with E-state index in [2.05, 4.69) is 38.2 Å². The van der Waals surface area contributed by atoms with Gasteiger partial charge in [0.05, 0.1) is 19.8 Å². The van der Waals surface area contributed by atoms with Crippen LogP contribution in [0.2, 0.25) is 0 Å². The number of allylic oxidation sites excluding steroid dienone is 4. The number of phosphoric ester groups is 1. The molecule has 0 bridgehead atoms. The monoisotopic (exact) mass is 898 g/mol. The Balaban J connectivity index is 3.87. The van der Waals surface area contributed by atoms with Gasteiger partial charge in [-0.2, -0.15) is 0 Å². The first-order valence-corrected chi connectivity index (χ1v) is 28.3. The molecule has 0 aliphatic carbocycles. The molecule has 0 spiro atoms. The van der Waals surface area contributed by atoms with Crippen molar-refractivity contribution in [1.29, 1.82) is 0 Å². The van der Waals surface area contributed by atoms with Crippen molar-refractivity contribution < 1.29 is 32.8 Å². The molecule has 2 atom stereocenters. The summed E-state index contributed by atoms with van der Waals surface area (Å²) in [6, 6.07) is 0. The van der Waals surface area contributed by atoms with Crippen LogP contribution in [-0.4, -0.2) is 49.9 Å². The molecule has 2 unspecified atom stereocenters. The van der Waals surface area contributed by atoms with Crippen LogP contribution in [0.5, 0.6) is 0 Å². The minimum atomic E-state index is -4.28. The number of unbranched alkanes of at least 4 members (excludes halogenated alkanes) is 35. The zero-order valence-electron chi connectivity index (χ0n) is 41.1. The molecule has 0 aliphatic heterocycles. The summed E-state index contributed by atoms with van der Waals surface area (Å²) in [4.78, 5) is 22.6. The van der Waals surface area contributed by atoms with Gasteiger partial charge < -0.3 is 20.1 Å². The summed E-state index contributed by atoms with van der Waals surface area (Å²) in [7, 11) is -4.28. The lowest BCUT2D eigenvalue weighted by Crippen LogP contribution is -2.28. The number of hydrogen-bond acceptors (Lipinski definition) is 7. The Bertz CT molecular complexity index is 1010. The molecular weight excluding hydrogens is 794 g/mol. The predicted octanol–water partition coefficient (Wildman–Crippen LogP) is 16.8. The second kappa shape index (κ2) is 51.0. The second-order valence-corrected chi connectivity index (χ2v) is 19.6. The summed E-state index contributed by atoms with van der Waals surface area (Å²) in [5, 5.41) is 0. The Hall–Kier alpha value is -1.02. The Kier molecular flexibility index (Phi) is 50.1. The van der Waals surface area contributed by atoms with E-state index >= 15 is 0 Å². The molecule has 0 fully saturated rings. The van der Waals surface area contributed by atoms with Crippen LogP contribution in [-0.2, 0) is 27.9 Å². The van der Waals surface area contributed by atoms with Gasteiger partial charge >= 0.3 is 13.8 Å². The van der Waals surface area contributed by atoms with E-state index in [0.29, 0.717) is 13.0 Å². The molecule has 0 radical (unpaired) electrons. The van der Waals surface area contributed by atoms with Crippen LogP contribution in [0.4, 0.5) is 0 Å². The van der Waals surface area contributed by atoms with Gasteiger partial charge in [-0.3, -0.25) is 13.8 Å². The summed E-state index contributed by atoms with van der Waals surface area (Å²) in [5.74, 6) is -0.325. The average Bonchev–Trinajstić information content (AvgIpc) is 3.26. The third-order valence-corrected chi connectivity index (χ3v) is 12.9. The van der Waals surface area contributed by atoms with Crippen LogP contribution in [0.15, 0.2) is 24.3 Å². The van der Waals surface area contributed by atoms with Gasteiger partial charge in [0.25, 0.3) is 0 Å². The van der Waals surface area contributed by atoms with E-state index in [-0.39, 0.29) is 32.3 Å². The number of ether oxygens (including phenoxy) is 2. The van der Waals surface area contributed by atoms with Gasteiger partial charge in [0.1, 0.15) is 6.10 Å². The van der Waals surface area contributed by atoms with Crippen molar-refractivity contribution in [3.05, 3.63) is 24.3 Å². The van der Waals surface area contributed by atoms with Crippen LogP contribution in [0, 0.1) is 0 Å². The van der Waals surface area contributed by atoms with Gasteiger partial charge in [-0.1, -0.05) is 244 Å². The van der Waals surface area contributed by atoms with E-state index in [4.69, 9.17) is 24.3 Å². The van der Waals surface area contributed by atoms with Gasteiger partial charge in [-0.25, -0.2) is 4.57 Å². The number of carbonyl (C=O) groups excluding carboxylic acids is 1. The smallest absolute Gasteiger partial charge is 0.457 e. The molecule has 0 saturated heterocycles. The van der Waals surface area contributed by atoms with Crippen LogP contribution in [0.1, 0.15) is 271 Å². The lowest BCUT2D eigenvalue weighted by atomic mass is 10.0. The molecule has 0 aromatic carbocycles. The summed E-state index contributed by atoms with van der Waals surface area (Å²) < 4.78 is 33.6. The Labute approximate surface area is 385 Å². The van der Waals surface area contributed by atoms with E-state index in [1.54, 1.807) is 0 Å². The topological polar surface area (TPSA) is 117 Å². The lowest BCUT2D eigenvalue weighted by Gasteiger charge is -2.20. The fourth-order valence-corrected chi connectivity index (χ4v) is 8.68. The number of nitrogens with two attached hydrogens (primary N) is 1. The average molecular weight is 898 g/mol. The van der Waals surface area contributed by atoms with Crippen LogP contribution < -0.4 is 5.73 Å². The molecule has 9 heteroatoms. The molecule has 8 nitrogen and oxygen atoms in total. The van der Waals surface area contributed by atoms with E-state index in [1.807, 2.05) is 0 Å². The Morgan fingerprint density at radius 2 is 0.855 bits per heavy atom. The van der Waals surface area contributed by atoms with E-state index in [9.17, 15) is 14.3 Å². The highest BCUT2D eigenvalue weighted by atomic mass is 31.2. The van der Waals surface area contributed by atoms with Crippen molar-refractivity contribution in [1.82, 2.24) is 0 Å². The third kappa shape index (κ3) is 50.0. The SMILES string of the molecule is CCCCCCC/C=C\C/C=C\CCCCCCCCCCCCCCCC(=O)OC(COCCCCCCCCCCCCCCCCCCCC)COP(=O)(O)OCCN. The molecular formula is C53H104NO7P. The summed E-state index contributed by atoms with van der Waals surface area (Å²) in [5.41, 5.74) is 5.39. The van der Waals surface area contributed by atoms with Crippen molar-refractivity contribution >= 4 is 13.8 Å². The van der Waals surface area contributed by atoms with Crippen LogP contribution in [0.25, 0.3) is 0 Å². The van der Waals surface area contributed by atoms with Crippen molar-refractivity contribution in [2.45, 2.75) is 277 Å². The molecule has 0 heterocycles. The summed E-state index contributed by atoms with van der Waals surface area (Å²) >= 11 is 0. The Morgan fingerprint density at radius 1 is 0.484 bits per heavy atom. The summed E-state index contributed by atoms with van der Waals surface area (Å²) in [6.45, 7) is 4.98. The number of hydrogen-bond donors (Lipinski definition) is 2. The van der Waals surface area contributed by atoms with E-state index < -0.39 is 13.9 Å². The molecule has 368 valence electrons. The van der Waals surface area contributed by atoms with Crippen molar-refractivity contribution in [2.75, 3.05) is 33.0 Å². The molecule has 0 saturated carbocycles. The minimum Gasteiger partial charge on any atom is -0.457 e. The van der Waals surface area contributed by atoms with E-state index in [1.165, 1.54) is 212 Å². The fourth-order valence-electron chi connectivity index (χ4n) is 7.91. The highest BCUT2D eigenvalue weighted by Crippen LogP contribution is 2.43. The fraction of sp³-hybridized carbons (Fsp3) is 0.906.